The summed E-state index contributed by atoms with van der Waals surface area (Å²) < 4.78 is 5.20. The van der Waals surface area contributed by atoms with Gasteiger partial charge in [0.2, 0.25) is 0 Å². The lowest BCUT2D eigenvalue weighted by atomic mass is 10.2. The van der Waals surface area contributed by atoms with E-state index in [1.807, 2.05) is 44.4 Å². The molecule has 26 heavy (non-hydrogen) atoms. The summed E-state index contributed by atoms with van der Waals surface area (Å²) in [6, 6.07) is 11.3. The molecule has 3 aromatic rings. The highest BCUT2D eigenvalue weighted by Gasteiger charge is 2.15. The van der Waals surface area contributed by atoms with Crippen LogP contribution in [-0.2, 0) is 5.75 Å². The first kappa shape index (κ1) is 18.5. The van der Waals surface area contributed by atoms with Gasteiger partial charge in [0, 0.05) is 28.1 Å². The molecule has 0 fully saturated rings. The Hall–Kier alpha value is -2.25. The van der Waals surface area contributed by atoms with E-state index >= 15 is 0 Å². The number of anilines is 1. The van der Waals surface area contributed by atoms with E-state index in [9.17, 15) is 4.79 Å². The monoisotopic (exact) mass is 385 g/mol. The molecule has 2 heterocycles. The van der Waals surface area contributed by atoms with Gasteiger partial charge in [0.05, 0.1) is 11.3 Å². The average molecular weight is 386 g/mol. The van der Waals surface area contributed by atoms with Gasteiger partial charge in [0.1, 0.15) is 10.8 Å². The Balaban J connectivity index is 1.76. The van der Waals surface area contributed by atoms with Crippen LogP contribution >= 0.6 is 23.5 Å². The van der Waals surface area contributed by atoms with Crippen LogP contribution in [0.2, 0.25) is 0 Å². The van der Waals surface area contributed by atoms with E-state index in [4.69, 9.17) is 4.52 Å². The Labute approximate surface area is 161 Å². The minimum absolute atomic E-state index is 0.169. The number of nitrogens with one attached hydrogen (secondary N) is 1. The number of nitrogens with zero attached hydrogens (tertiary/aromatic N) is 2. The van der Waals surface area contributed by atoms with Gasteiger partial charge in [0.25, 0.3) is 5.91 Å². The Bertz CT molecular complexity index is 905. The fourth-order valence-corrected chi connectivity index (χ4v) is 4.03. The molecule has 134 valence electrons. The number of aryl methyl sites for hydroxylation is 2. The maximum absolute atomic E-state index is 12.7. The molecule has 0 spiro atoms. The zero-order chi connectivity index (χ0) is 18.5. The molecule has 1 aromatic carbocycles. The summed E-state index contributed by atoms with van der Waals surface area (Å²) in [5, 5.41) is 7.61. The van der Waals surface area contributed by atoms with Crippen LogP contribution in [0.5, 0.6) is 0 Å². The van der Waals surface area contributed by atoms with Gasteiger partial charge in [-0.2, -0.15) is 0 Å². The maximum atomic E-state index is 12.7. The zero-order valence-electron chi connectivity index (χ0n) is 14.8. The Morgan fingerprint density at radius 1 is 1.23 bits per heavy atom. The minimum atomic E-state index is -0.169. The van der Waals surface area contributed by atoms with Crippen LogP contribution in [0.15, 0.2) is 57.0 Å². The SMILES string of the molecule is CSc1cccc(NC(=O)c2cccnc2SCc2c(C)noc2C)c1. The third-order valence-electron chi connectivity index (χ3n) is 3.88. The summed E-state index contributed by atoms with van der Waals surface area (Å²) in [5.41, 5.74) is 3.23. The van der Waals surface area contributed by atoms with Crippen LogP contribution in [-0.4, -0.2) is 22.3 Å². The van der Waals surface area contributed by atoms with E-state index in [1.165, 1.54) is 11.8 Å². The van der Waals surface area contributed by atoms with Crippen molar-refractivity contribution in [1.29, 1.82) is 0 Å². The second kappa shape index (κ2) is 8.42. The number of pyridine rings is 1. The van der Waals surface area contributed by atoms with Crippen LogP contribution < -0.4 is 5.32 Å². The molecule has 0 radical (unpaired) electrons. The molecule has 1 N–H and O–H groups in total. The number of thioether (sulfide) groups is 2. The van der Waals surface area contributed by atoms with Crippen molar-refractivity contribution in [1.82, 2.24) is 10.1 Å². The smallest absolute Gasteiger partial charge is 0.258 e. The Kier molecular flexibility index (Phi) is 6.00. The molecular weight excluding hydrogens is 366 g/mol. The zero-order valence-corrected chi connectivity index (χ0v) is 16.4. The largest absolute Gasteiger partial charge is 0.361 e. The molecule has 0 bridgehead atoms. The van der Waals surface area contributed by atoms with Gasteiger partial charge in [-0.25, -0.2) is 4.98 Å². The molecule has 0 aliphatic carbocycles. The van der Waals surface area contributed by atoms with Crippen molar-refractivity contribution in [3.63, 3.8) is 0 Å². The molecule has 3 rings (SSSR count). The van der Waals surface area contributed by atoms with Crippen molar-refractivity contribution in [2.75, 3.05) is 11.6 Å². The van der Waals surface area contributed by atoms with Gasteiger partial charge in [-0.05, 0) is 50.4 Å². The molecule has 0 atom stereocenters. The number of rotatable bonds is 6. The number of benzene rings is 1. The van der Waals surface area contributed by atoms with Crippen LogP contribution in [0.3, 0.4) is 0 Å². The number of amides is 1. The number of hydrogen-bond donors (Lipinski definition) is 1. The second-order valence-corrected chi connectivity index (χ2v) is 7.48. The lowest BCUT2D eigenvalue weighted by molar-refractivity contribution is 0.102. The maximum Gasteiger partial charge on any atom is 0.258 e. The fraction of sp³-hybridized carbons (Fsp3) is 0.211. The minimum Gasteiger partial charge on any atom is -0.361 e. The van der Waals surface area contributed by atoms with Crippen molar-refractivity contribution in [3.8, 4) is 0 Å². The number of carbonyl (C=O) groups is 1. The number of hydrogen-bond acceptors (Lipinski definition) is 6. The molecule has 0 aliphatic heterocycles. The molecule has 2 aromatic heterocycles. The quantitative estimate of drug-likeness (QED) is 0.605. The fourth-order valence-electron chi connectivity index (χ4n) is 2.43. The first-order valence-corrected chi connectivity index (χ1v) is 10.2. The third kappa shape index (κ3) is 4.28. The summed E-state index contributed by atoms with van der Waals surface area (Å²) in [7, 11) is 0. The van der Waals surface area contributed by atoms with E-state index < -0.39 is 0 Å². The number of carbonyl (C=O) groups excluding carboxylic acids is 1. The molecule has 7 heteroatoms. The summed E-state index contributed by atoms with van der Waals surface area (Å²) in [4.78, 5) is 18.2. The second-order valence-electron chi connectivity index (χ2n) is 5.63. The van der Waals surface area contributed by atoms with Crippen molar-refractivity contribution in [2.24, 2.45) is 0 Å². The van der Waals surface area contributed by atoms with Gasteiger partial charge in [-0.15, -0.1) is 23.5 Å². The predicted octanol–water partition coefficient (Wildman–Crippen LogP) is 4.95. The van der Waals surface area contributed by atoms with Gasteiger partial charge in [-0.1, -0.05) is 11.2 Å². The lowest BCUT2D eigenvalue weighted by Crippen LogP contribution is -2.13. The highest BCUT2D eigenvalue weighted by Crippen LogP contribution is 2.28. The molecular formula is C19H19N3O2S2. The molecule has 0 saturated heterocycles. The van der Waals surface area contributed by atoms with E-state index in [-0.39, 0.29) is 5.91 Å². The summed E-state index contributed by atoms with van der Waals surface area (Å²) in [6.45, 7) is 3.80. The molecule has 1 amide bonds. The topological polar surface area (TPSA) is 68.0 Å². The van der Waals surface area contributed by atoms with Gasteiger partial charge in [-0.3, -0.25) is 4.79 Å². The van der Waals surface area contributed by atoms with Crippen molar-refractivity contribution in [2.45, 2.75) is 29.5 Å². The van der Waals surface area contributed by atoms with Crippen LogP contribution in [0.25, 0.3) is 0 Å². The highest BCUT2D eigenvalue weighted by atomic mass is 32.2. The molecule has 0 saturated carbocycles. The standard InChI is InChI=1S/C19H19N3O2S2/c1-12-17(13(2)24-22-12)11-26-19-16(8-5-9-20-19)18(23)21-14-6-4-7-15(10-14)25-3/h4-10H,11H2,1-3H3,(H,21,23). The third-order valence-corrected chi connectivity index (χ3v) is 5.63. The van der Waals surface area contributed by atoms with E-state index in [2.05, 4.69) is 15.5 Å². The highest BCUT2D eigenvalue weighted by molar-refractivity contribution is 7.98. The normalized spacial score (nSPS) is 10.7. The number of aromatic nitrogens is 2. The first-order chi connectivity index (χ1) is 12.6. The van der Waals surface area contributed by atoms with Crippen molar-refractivity contribution in [3.05, 3.63) is 65.2 Å². The molecule has 5 nitrogen and oxygen atoms in total. The Morgan fingerprint density at radius 2 is 2.08 bits per heavy atom. The van der Waals surface area contributed by atoms with Gasteiger partial charge >= 0.3 is 0 Å². The lowest BCUT2D eigenvalue weighted by Gasteiger charge is -2.10. The average Bonchev–Trinajstić information content (AvgIpc) is 2.98. The van der Waals surface area contributed by atoms with E-state index in [1.54, 1.807) is 30.1 Å². The first-order valence-electron chi connectivity index (χ1n) is 8.03. The van der Waals surface area contributed by atoms with Crippen LogP contribution in [0.4, 0.5) is 5.69 Å². The van der Waals surface area contributed by atoms with Crippen molar-refractivity contribution >= 4 is 35.1 Å². The molecule has 0 unspecified atom stereocenters. The van der Waals surface area contributed by atoms with Gasteiger partial charge < -0.3 is 9.84 Å². The van der Waals surface area contributed by atoms with Crippen molar-refractivity contribution < 1.29 is 9.32 Å². The van der Waals surface area contributed by atoms with E-state index in [0.29, 0.717) is 16.3 Å². The summed E-state index contributed by atoms with van der Waals surface area (Å²) in [5.74, 6) is 1.28. The predicted molar refractivity (Wildman–Crippen MR) is 106 cm³/mol. The molecule has 0 aliphatic rings. The van der Waals surface area contributed by atoms with Crippen LogP contribution in [0, 0.1) is 13.8 Å². The van der Waals surface area contributed by atoms with Gasteiger partial charge in [0.15, 0.2) is 0 Å². The van der Waals surface area contributed by atoms with Crippen LogP contribution in [0.1, 0.15) is 27.4 Å². The summed E-state index contributed by atoms with van der Waals surface area (Å²) >= 11 is 3.14. The Morgan fingerprint density at radius 3 is 2.81 bits per heavy atom. The van der Waals surface area contributed by atoms with E-state index in [0.717, 1.165) is 27.6 Å². The summed E-state index contributed by atoms with van der Waals surface area (Å²) in [6.07, 6.45) is 3.70.